The van der Waals surface area contributed by atoms with Crippen molar-refractivity contribution in [1.29, 1.82) is 0 Å². The molecule has 0 aromatic rings. The molecule has 8 nitrogen and oxygen atoms in total. The highest BCUT2D eigenvalue weighted by molar-refractivity contribution is 5.20. The summed E-state index contributed by atoms with van der Waals surface area (Å²) in [6.07, 6.45) is -5.36. The summed E-state index contributed by atoms with van der Waals surface area (Å²) in [5, 5.41) is 60.1. The highest BCUT2D eigenvalue weighted by Crippen LogP contribution is 2.55. The van der Waals surface area contributed by atoms with Crippen molar-refractivity contribution >= 4 is 0 Å². The lowest BCUT2D eigenvalue weighted by Gasteiger charge is -2.54. The maximum absolute atomic E-state index is 10.3. The maximum atomic E-state index is 10.3. The van der Waals surface area contributed by atoms with Gasteiger partial charge in [-0.2, -0.15) is 0 Å². The van der Waals surface area contributed by atoms with Crippen LogP contribution < -0.4 is 0 Å². The molecule has 168 valence electrons. The van der Waals surface area contributed by atoms with Gasteiger partial charge in [0.1, 0.15) is 30.5 Å². The van der Waals surface area contributed by atoms with Crippen molar-refractivity contribution in [2.45, 2.75) is 95.0 Å². The molecule has 1 aliphatic heterocycles. The van der Waals surface area contributed by atoms with E-state index in [0.29, 0.717) is 18.4 Å². The molecule has 1 heterocycles. The van der Waals surface area contributed by atoms with Crippen molar-refractivity contribution in [1.82, 2.24) is 0 Å². The van der Waals surface area contributed by atoms with E-state index < -0.39 is 55.1 Å². The van der Waals surface area contributed by atoms with Crippen molar-refractivity contribution in [2.24, 2.45) is 17.3 Å². The molecule has 0 aromatic carbocycles. The van der Waals surface area contributed by atoms with Gasteiger partial charge in [0.15, 0.2) is 6.29 Å². The molecule has 0 amide bonds. The van der Waals surface area contributed by atoms with Crippen LogP contribution in [0.3, 0.4) is 0 Å². The number of ether oxygens (including phenoxy) is 2. The largest absolute Gasteiger partial charge is 0.394 e. The van der Waals surface area contributed by atoms with Crippen LogP contribution in [0, 0.1) is 17.3 Å². The van der Waals surface area contributed by atoms with Crippen molar-refractivity contribution in [2.75, 3.05) is 6.61 Å². The highest BCUT2D eigenvalue weighted by Gasteiger charge is 2.53. The van der Waals surface area contributed by atoms with Gasteiger partial charge in [-0.05, 0) is 62.4 Å². The minimum absolute atomic E-state index is 0.0392. The lowest BCUT2D eigenvalue weighted by Crippen LogP contribution is -2.61. The minimum atomic E-state index is -1.48. The third-order valence-corrected chi connectivity index (χ3v) is 7.54. The zero-order chi connectivity index (χ0) is 21.7. The fourth-order valence-electron chi connectivity index (χ4n) is 5.44. The average molecular weight is 417 g/mol. The van der Waals surface area contributed by atoms with Gasteiger partial charge in [-0.25, -0.2) is 0 Å². The SMILES string of the molecule is C=C1C(O)C(O)CC2(C)CCC(C(C)(C)OC3OC(CO)C(O)C(O)C3O)CC12. The van der Waals surface area contributed by atoms with Gasteiger partial charge < -0.3 is 40.1 Å². The van der Waals surface area contributed by atoms with Crippen molar-refractivity contribution < 1.29 is 40.1 Å². The first-order valence-corrected chi connectivity index (χ1v) is 10.4. The topological polar surface area (TPSA) is 140 Å². The van der Waals surface area contributed by atoms with Gasteiger partial charge in [0.05, 0.1) is 18.3 Å². The Morgan fingerprint density at radius 1 is 1.14 bits per heavy atom. The Kier molecular flexibility index (Phi) is 6.50. The van der Waals surface area contributed by atoms with Crippen LogP contribution >= 0.6 is 0 Å². The molecule has 0 spiro atoms. The van der Waals surface area contributed by atoms with Crippen LogP contribution in [0.5, 0.6) is 0 Å². The zero-order valence-electron chi connectivity index (χ0n) is 17.4. The predicted molar refractivity (Wildman–Crippen MR) is 104 cm³/mol. The van der Waals surface area contributed by atoms with E-state index in [2.05, 4.69) is 13.5 Å². The standard InChI is InChI=1S/C21H36O8/c1-10-12-7-11(5-6-21(12,4)8-13(23)15(10)24)20(2,3)29-19-18(27)17(26)16(25)14(9-22)28-19/h11-19,22-27H,1,5-9H2,2-4H3. The summed E-state index contributed by atoms with van der Waals surface area (Å²) in [6.45, 7) is 9.45. The third kappa shape index (κ3) is 4.14. The fourth-order valence-corrected chi connectivity index (χ4v) is 5.44. The van der Waals surface area contributed by atoms with E-state index in [1.807, 2.05) is 13.8 Å². The summed E-state index contributed by atoms with van der Waals surface area (Å²) in [4.78, 5) is 0. The van der Waals surface area contributed by atoms with Crippen LogP contribution in [0.2, 0.25) is 0 Å². The quantitative estimate of drug-likeness (QED) is 0.343. The number of rotatable bonds is 4. The zero-order valence-corrected chi connectivity index (χ0v) is 17.4. The number of fused-ring (bicyclic) bond motifs is 1. The lowest BCUT2D eigenvalue weighted by molar-refractivity contribution is -0.330. The first kappa shape index (κ1) is 23.1. The molecule has 8 heteroatoms. The summed E-state index contributed by atoms with van der Waals surface area (Å²) >= 11 is 0. The van der Waals surface area contributed by atoms with Gasteiger partial charge >= 0.3 is 0 Å². The summed E-state index contributed by atoms with van der Waals surface area (Å²) < 4.78 is 11.6. The van der Waals surface area contributed by atoms with Gasteiger partial charge in [-0.1, -0.05) is 13.5 Å². The number of hydrogen-bond acceptors (Lipinski definition) is 8. The van der Waals surface area contributed by atoms with Gasteiger partial charge in [-0.3, -0.25) is 0 Å². The summed E-state index contributed by atoms with van der Waals surface area (Å²) in [7, 11) is 0. The molecule has 0 aromatic heterocycles. The Morgan fingerprint density at radius 2 is 1.79 bits per heavy atom. The van der Waals surface area contributed by atoms with Gasteiger partial charge in [0, 0.05) is 0 Å². The summed E-state index contributed by atoms with van der Waals surface area (Å²) in [6, 6.07) is 0. The molecule has 1 saturated heterocycles. The first-order chi connectivity index (χ1) is 13.4. The average Bonchev–Trinajstić information content (AvgIpc) is 2.66. The molecule has 3 aliphatic rings. The van der Waals surface area contributed by atoms with Crippen LogP contribution in [0.1, 0.15) is 46.5 Å². The second-order valence-corrected chi connectivity index (χ2v) is 9.89. The molecule has 3 fully saturated rings. The van der Waals surface area contributed by atoms with Crippen molar-refractivity contribution in [3.05, 3.63) is 12.2 Å². The Balaban J connectivity index is 1.72. The first-order valence-electron chi connectivity index (χ1n) is 10.4. The van der Waals surface area contributed by atoms with E-state index >= 15 is 0 Å². The molecule has 10 atom stereocenters. The van der Waals surface area contributed by atoms with Gasteiger partial charge in [-0.15, -0.1) is 0 Å². The molecular formula is C21H36O8. The third-order valence-electron chi connectivity index (χ3n) is 7.54. The van der Waals surface area contributed by atoms with E-state index in [0.717, 1.165) is 12.8 Å². The second-order valence-electron chi connectivity index (χ2n) is 9.89. The molecule has 2 saturated carbocycles. The Labute approximate surface area is 171 Å². The molecule has 0 radical (unpaired) electrons. The monoisotopic (exact) mass is 416 g/mol. The second kappa shape index (κ2) is 8.16. The van der Waals surface area contributed by atoms with E-state index in [9.17, 15) is 30.6 Å². The number of aliphatic hydroxyl groups excluding tert-OH is 6. The van der Waals surface area contributed by atoms with Crippen molar-refractivity contribution in [3.63, 3.8) is 0 Å². The smallest absolute Gasteiger partial charge is 0.187 e. The molecule has 2 aliphatic carbocycles. The summed E-state index contributed by atoms with van der Waals surface area (Å²) in [5.74, 6) is 0.101. The van der Waals surface area contributed by atoms with Crippen LogP contribution in [0.15, 0.2) is 12.2 Å². The predicted octanol–water partition coefficient (Wildman–Crippen LogP) is -0.314. The van der Waals surface area contributed by atoms with Crippen LogP contribution in [0.4, 0.5) is 0 Å². The van der Waals surface area contributed by atoms with E-state index in [-0.39, 0.29) is 17.3 Å². The molecule has 0 bridgehead atoms. The fraction of sp³-hybridized carbons (Fsp3) is 0.905. The van der Waals surface area contributed by atoms with Crippen LogP contribution in [-0.4, -0.2) is 85.8 Å². The van der Waals surface area contributed by atoms with Gasteiger partial charge in [0.25, 0.3) is 0 Å². The summed E-state index contributed by atoms with van der Waals surface area (Å²) in [5.41, 5.74) is -0.221. The minimum Gasteiger partial charge on any atom is -0.394 e. The molecule has 6 N–H and O–H groups in total. The Morgan fingerprint density at radius 3 is 2.41 bits per heavy atom. The van der Waals surface area contributed by atoms with Crippen molar-refractivity contribution in [3.8, 4) is 0 Å². The maximum Gasteiger partial charge on any atom is 0.187 e. The molecule has 29 heavy (non-hydrogen) atoms. The highest BCUT2D eigenvalue weighted by atomic mass is 16.7. The van der Waals surface area contributed by atoms with E-state index in [1.54, 1.807) is 0 Å². The normalized spacial score (nSPS) is 49.0. The molecular weight excluding hydrogens is 380 g/mol. The van der Waals surface area contributed by atoms with E-state index in [4.69, 9.17) is 9.47 Å². The molecule has 10 unspecified atom stereocenters. The number of aliphatic hydroxyl groups is 6. The lowest BCUT2D eigenvalue weighted by atomic mass is 9.54. The van der Waals surface area contributed by atoms with E-state index in [1.165, 1.54) is 0 Å². The van der Waals surface area contributed by atoms with Crippen LogP contribution in [-0.2, 0) is 9.47 Å². The Bertz CT molecular complexity index is 607. The Hall–Kier alpha value is -0.580. The number of hydrogen-bond donors (Lipinski definition) is 6. The molecule has 3 rings (SSSR count). The van der Waals surface area contributed by atoms with Gasteiger partial charge in [0.2, 0.25) is 0 Å². The van der Waals surface area contributed by atoms with Crippen LogP contribution in [0.25, 0.3) is 0 Å².